The molecule has 1 heterocycles. The molecular weight excluding hydrogens is 224 g/mol. The fourth-order valence-corrected chi connectivity index (χ4v) is 2.43. The maximum absolute atomic E-state index is 10.6. The first-order chi connectivity index (χ1) is 7.27. The summed E-state index contributed by atoms with van der Waals surface area (Å²) in [5.41, 5.74) is -5.91. The molecule has 1 aliphatic rings. The molecule has 5 nitrogen and oxygen atoms in total. The monoisotopic (exact) mass is 248 g/mol. The van der Waals surface area contributed by atoms with Crippen molar-refractivity contribution < 1.29 is 25.2 Å². The third-order valence-electron chi connectivity index (χ3n) is 5.08. The van der Waals surface area contributed by atoms with E-state index in [9.17, 15) is 20.4 Å². The van der Waals surface area contributed by atoms with Gasteiger partial charge in [-0.3, -0.25) is 0 Å². The lowest BCUT2D eigenvalue weighted by Gasteiger charge is -2.65. The van der Waals surface area contributed by atoms with Crippen LogP contribution in [0.5, 0.6) is 0 Å². The highest BCUT2D eigenvalue weighted by molar-refractivity contribution is 5.18. The number of hydrogen-bond acceptors (Lipinski definition) is 5. The van der Waals surface area contributed by atoms with E-state index in [-0.39, 0.29) is 0 Å². The van der Waals surface area contributed by atoms with E-state index in [0.717, 1.165) is 0 Å². The van der Waals surface area contributed by atoms with Crippen LogP contribution in [0.2, 0.25) is 0 Å². The molecule has 4 N–H and O–H groups in total. The standard InChI is InChI=1S/C12H24O5/c1-8(2)10(4,14)11(5,15)9(3,7-13)17-12(8,6)16/h13-16H,7H2,1-6H3. The highest BCUT2D eigenvalue weighted by Gasteiger charge is 2.71. The molecule has 0 spiro atoms. The first-order valence-corrected chi connectivity index (χ1v) is 5.75. The van der Waals surface area contributed by atoms with Gasteiger partial charge in [0.25, 0.3) is 0 Å². The van der Waals surface area contributed by atoms with Gasteiger partial charge in [-0.1, -0.05) is 13.8 Å². The van der Waals surface area contributed by atoms with Gasteiger partial charge in [-0.25, -0.2) is 0 Å². The molecule has 0 aliphatic carbocycles. The van der Waals surface area contributed by atoms with Gasteiger partial charge in [0.1, 0.15) is 16.8 Å². The van der Waals surface area contributed by atoms with Crippen LogP contribution in [0.15, 0.2) is 0 Å². The van der Waals surface area contributed by atoms with Gasteiger partial charge in [-0.2, -0.15) is 0 Å². The van der Waals surface area contributed by atoms with Crippen LogP contribution in [-0.2, 0) is 4.74 Å². The molecule has 0 saturated carbocycles. The van der Waals surface area contributed by atoms with Gasteiger partial charge < -0.3 is 25.2 Å². The summed E-state index contributed by atoms with van der Waals surface area (Å²) in [6, 6.07) is 0. The molecule has 1 rings (SSSR count). The Labute approximate surface area is 102 Å². The van der Waals surface area contributed by atoms with Crippen molar-refractivity contribution in [2.45, 2.75) is 64.1 Å². The molecule has 102 valence electrons. The van der Waals surface area contributed by atoms with E-state index < -0.39 is 34.6 Å². The van der Waals surface area contributed by atoms with Gasteiger partial charge in [0.2, 0.25) is 0 Å². The average molecular weight is 248 g/mol. The van der Waals surface area contributed by atoms with E-state index >= 15 is 0 Å². The fraction of sp³-hybridized carbons (Fsp3) is 1.00. The second-order valence-corrected chi connectivity index (χ2v) is 6.24. The first kappa shape index (κ1) is 14.9. The zero-order valence-electron chi connectivity index (χ0n) is 11.4. The van der Waals surface area contributed by atoms with Gasteiger partial charge in [0.15, 0.2) is 5.79 Å². The first-order valence-electron chi connectivity index (χ1n) is 5.75. The van der Waals surface area contributed by atoms with Crippen LogP contribution in [0.1, 0.15) is 41.5 Å². The van der Waals surface area contributed by atoms with Crippen molar-refractivity contribution in [2.24, 2.45) is 5.41 Å². The Morgan fingerprint density at radius 1 is 0.824 bits per heavy atom. The summed E-state index contributed by atoms with van der Waals surface area (Å²) < 4.78 is 5.47. The van der Waals surface area contributed by atoms with Gasteiger partial charge in [0.05, 0.1) is 6.61 Å². The number of aliphatic hydroxyl groups is 4. The molecular formula is C12H24O5. The lowest BCUT2D eigenvalue weighted by atomic mass is 9.56. The van der Waals surface area contributed by atoms with Crippen LogP contribution >= 0.6 is 0 Å². The van der Waals surface area contributed by atoms with E-state index in [2.05, 4.69) is 0 Å². The minimum Gasteiger partial charge on any atom is -0.393 e. The van der Waals surface area contributed by atoms with Crippen LogP contribution in [0.25, 0.3) is 0 Å². The summed E-state index contributed by atoms with van der Waals surface area (Å²) in [4.78, 5) is 0. The molecule has 0 bridgehead atoms. The van der Waals surface area contributed by atoms with Crippen LogP contribution in [-0.4, -0.2) is 49.6 Å². The predicted molar refractivity (Wildman–Crippen MR) is 62.2 cm³/mol. The van der Waals surface area contributed by atoms with Crippen LogP contribution in [0.4, 0.5) is 0 Å². The van der Waals surface area contributed by atoms with Crippen molar-refractivity contribution in [3.8, 4) is 0 Å². The van der Waals surface area contributed by atoms with Crippen molar-refractivity contribution in [3.05, 3.63) is 0 Å². The van der Waals surface area contributed by atoms with Crippen LogP contribution in [0, 0.1) is 5.41 Å². The Kier molecular flexibility index (Phi) is 2.99. The largest absolute Gasteiger partial charge is 0.393 e. The fourth-order valence-electron chi connectivity index (χ4n) is 2.43. The topological polar surface area (TPSA) is 90.2 Å². The number of rotatable bonds is 1. The van der Waals surface area contributed by atoms with Crippen LogP contribution < -0.4 is 0 Å². The molecule has 0 aromatic heterocycles. The molecule has 0 aromatic rings. The molecule has 0 amide bonds. The van der Waals surface area contributed by atoms with Gasteiger partial charge in [0, 0.05) is 5.41 Å². The molecule has 1 saturated heterocycles. The third kappa shape index (κ3) is 1.50. The highest BCUT2D eigenvalue weighted by atomic mass is 16.7. The lowest BCUT2D eigenvalue weighted by molar-refractivity contribution is -0.434. The van der Waals surface area contributed by atoms with Gasteiger partial charge >= 0.3 is 0 Å². The third-order valence-corrected chi connectivity index (χ3v) is 5.08. The second-order valence-electron chi connectivity index (χ2n) is 6.24. The lowest BCUT2D eigenvalue weighted by Crippen LogP contribution is -2.80. The molecule has 5 heteroatoms. The minimum atomic E-state index is -1.71. The zero-order valence-corrected chi connectivity index (χ0v) is 11.4. The summed E-state index contributed by atoms with van der Waals surface area (Å²) in [6.45, 7) is 8.44. The van der Waals surface area contributed by atoms with Gasteiger partial charge in [-0.15, -0.1) is 0 Å². The number of aliphatic hydroxyl groups excluding tert-OH is 1. The van der Waals surface area contributed by atoms with Gasteiger partial charge in [-0.05, 0) is 27.7 Å². The van der Waals surface area contributed by atoms with E-state index in [4.69, 9.17) is 4.74 Å². The predicted octanol–water partition coefficient (Wildman–Crippen LogP) is 0.00430. The number of ether oxygens (including phenoxy) is 1. The van der Waals surface area contributed by atoms with Crippen molar-refractivity contribution in [1.29, 1.82) is 0 Å². The molecule has 0 radical (unpaired) electrons. The SMILES string of the molecule is CC1(O)OC(C)(CO)C(C)(O)C(C)(O)C1(C)C. The van der Waals surface area contributed by atoms with E-state index in [1.165, 1.54) is 27.7 Å². The molecule has 17 heavy (non-hydrogen) atoms. The summed E-state index contributed by atoms with van der Waals surface area (Å²) in [5, 5.41) is 40.9. The Morgan fingerprint density at radius 3 is 1.59 bits per heavy atom. The Balaban J connectivity index is 3.46. The highest BCUT2D eigenvalue weighted by Crippen LogP contribution is 2.56. The van der Waals surface area contributed by atoms with Crippen molar-refractivity contribution in [3.63, 3.8) is 0 Å². The summed E-state index contributed by atoms with van der Waals surface area (Å²) in [5.74, 6) is -1.67. The Morgan fingerprint density at radius 2 is 1.24 bits per heavy atom. The summed E-state index contributed by atoms with van der Waals surface area (Å²) in [7, 11) is 0. The van der Waals surface area contributed by atoms with Crippen molar-refractivity contribution >= 4 is 0 Å². The molecule has 4 unspecified atom stereocenters. The van der Waals surface area contributed by atoms with Crippen LogP contribution in [0.3, 0.4) is 0 Å². The summed E-state index contributed by atoms with van der Waals surface area (Å²) >= 11 is 0. The summed E-state index contributed by atoms with van der Waals surface area (Å²) in [6.07, 6.45) is 0. The number of hydrogen-bond donors (Lipinski definition) is 4. The van der Waals surface area contributed by atoms with Crippen molar-refractivity contribution in [1.82, 2.24) is 0 Å². The van der Waals surface area contributed by atoms with Crippen molar-refractivity contribution in [2.75, 3.05) is 6.61 Å². The normalized spacial score (nSPS) is 54.7. The molecule has 4 atom stereocenters. The zero-order chi connectivity index (χ0) is 13.9. The minimum absolute atomic E-state index is 0.512. The smallest absolute Gasteiger partial charge is 0.171 e. The van der Waals surface area contributed by atoms with E-state index in [1.54, 1.807) is 13.8 Å². The Bertz CT molecular complexity index is 319. The van der Waals surface area contributed by atoms with E-state index in [1.807, 2.05) is 0 Å². The van der Waals surface area contributed by atoms with E-state index in [0.29, 0.717) is 0 Å². The average Bonchev–Trinajstić information content (AvgIpc) is 2.14. The molecule has 0 aromatic carbocycles. The molecule has 1 aliphatic heterocycles. The maximum Gasteiger partial charge on any atom is 0.171 e. The maximum atomic E-state index is 10.6. The Hall–Kier alpha value is -0.200. The molecule has 1 fully saturated rings. The quantitative estimate of drug-likeness (QED) is 0.524. The second kappa shape index (κ2) is 3.42.